The molecule has 0 bridgehead atoms. The van der Waals surface area contributed by atoms with Gasteiger partial charge in [-0.15, -0.1) is 41.6 Å². The smallest absolute Gasteiger partial charge is 0.135 e. The minimum absolute atomic E-state index is 0. The van der Waals surface area contributed by atoms with Crippen LogP contribution >= 0.6 is 0 Å². The minimum atomic E-state index is -0.275. The van der Waals surface area contributed by atoms with Crippen molar-refractivity contribution in [2.24, 2.45) is 0 Å². The van der Waals surface area contributed by atoms with Crippen molar-refractivity contribution in [3.05, 3.63) is 161 Å². The van der Waals surface area contributed by atoms with Crippen LogP contribution in [0.1, 0.15) is 121 Å². The van der Waals surface area contributed by atoms with Gasteiger partial charge in [-0.3, -0.25) is 0 Å². The second-order valence-corrected chi connectivity index (χ2v) is 20.2. The van der Waals surface area contributed by atoms with Gasteiger partial charge in [0, 0.05) is 61.5 Å². The summed E-state index contributed by atoms with van der Waals surface area (Å²) in [6, 6.07) is 40.6. The molecule has 314 valence electrons. The number of rotatable bonds is 5. The third-order valence-electron chi connectivity index (χ3n) is 12.1. The van der Waals surface area contributed by atoms with Gasteiger partial charge in [-0.1, -0.05) is 146 Å². The van der Waals surface area contributed by atoms with Crippen LogP contribution in [0, 0.1) is 39.6 Å². The van der Waals surface area contributed by atoms with Gasteiger partial charge in [0.2, 0.25) is 0 Å². The molecule has 3 heterocycles. The molecule has 0 N–H and O–H groups in total. The molecule has 0 saturated carbocycles. The molecular weight excluding hydrogens is 916 g/mol. The summed E-state index contributed by atoms with van der Waals surface area (Å²) in [6.45, 7) is 33.8. The summed E-state index contributed by atoms with van der Waals surface area (Å²) >= 11 is 0. The molecule has 0 fully saturated rings. The fourth-order valence-corrected chi connectivity index (χ4v) is 8.96. The Labute approximate surface area is 374 Å². The average molecular weight is 975 g/mol. The molecule has 0 atom stereocenters. The molecular formula is C54H59N4OPt-3. The van der Waals surface area contributed by atoms with Crippen molar-refractivity contribution < 1.29 is 25.8 Å². The molecule has 6 heteroatoms. The molecule has 6 aromatic rings. The summed E-state index contributed by atoms with van der Waals surface area (Å²) in [5, 5.41) is 0. The fraction of sp³-hybridized carbons (Fsp3) is 0.333. The van der Waals surface area contributed by atoms with Gasteiger partial charge in [0.15, 0.2) is 0 Å². The first-order chi connectivity index (χ1) is 27.6. The maximum Gasteiger partial charge on any atom is 0.135 e. The van der Waals surface area contributed by atoms with Crippen molar-refractivity contribution in [2.45, 2.75) is 119 Å². The molecule has 2 aliphatic heterocycles. The van der Waals surface area contributed by atoms with Gasteiger partial charge in [-0.05, 0) is 84.2 Å². The van der Waals surface area contributed by atoms with Crippen LogP contribution in [0.5, 0.6) is 11.5 Å². The Bertz CT molecular complexity index is 2580. The Kier molecular flexibility index (Phi) is 11.0. The molecule has 5 nitrogen and oxygen atoms in total. The van der Waals surface area contributed by atoms with Gasteiger partial charge < -0.3 is 19.4 Å². The van der Waals surface area contributed by atoms with Crippen LogP contribution < -0.4 is 19.4 Å². The summed E-state index contributed by atoms with van der Waals surface area (Å²) in [6.07, 6.45) is 1.93. The fourth-order valence-electron chi connectivity index (χ4n) is 8.96. The number of hydrogen-bond donors (Lipinski definition) is 0. The summed E-state index contributed by atoms with van der Waals surface area (Å²) in [5.41, 5.74) is 15.4. The monoisotopic (exact) mass is 974 g/mol. The first kappa shape index (κ1) is 43.2. The number of ether oxygens (including phenoxy) is 1. The number of benzene rings is 5. The molecule has 0 unspecified atom stereocenters. The van der Waals surface area contributed by atoms with E-state index in [9.17, 15) is 0 Å². The van der Waals surface area contributed by atoms with Crippen LogP contribution in [0.25, 0.3) is 0 Å². The summed E-state index contributed by atoms with van der Waals surface area (Å²) in [4.78, 5) is 11.9. The van der Waals surface area contributed by atoms with Crippen molar-refractivity contribution >= 4 is 39.9 Å². The SMILES string of the molecule is Cc1cc(C)c(N2[CH-]N(c3[c-]c(Oc4[c-]c5c(cc4)C(C)(C)c4ccccc4N5c4cc(C(C)(C)C)ccn4)c(C(C)(C)C)cc3C(C)(C)C)c3ccccc32)c(C)c1.[Pt]. The Morgan fingerprint density at radius 3 is 1.83 bits per heavy atom. The molecule has 0 amide bonds. The molecule has 1 aromatic heterocycles. The number of fused-ring (bicyclic) bond motifs is 3. The normalized spacial score (nSPS) is 14.7. The van der Waals surface area contributed by atoms with Gasteiger partial charge in [-0.2, -0.15) is 12.1 Å². The van der Waals surface area contributed by atoms with Crippen LogP contribution in [0.3, 0.4) is 0 Å². The molecule has 0 saturated heterocycles. The van der Waals surface area contributed by atoms with Gasteiger partial charge in [0.05, 0.1) is 0 Å². The topological polar surface area (TPSA) is 31.8 Å². The van der Waals surface area contributed by atoms with E-state index in [4.69, 9.17) is 9.72 Å². The molecule has 2 aliphatic rings. The van der Waals surface area contributed by atoms with Crippen LogP contribution in [-0.4, -0.2) is 4.98 Å². The predicted molar refractivity (Wildman–Crippen MR) is 247 cm³/mol. The molecule has 60 heavy (non-hydrogen) atoms. The third-order valence-corrected chi connectivity index (χ3v) is 12.1. The van der Waals surface area contributed by atoms with Gasteiger partial charge >= 0.3 is 0 Å². The number of pyridine rings is 1. The van der Waals surface area contributed by atoms with Gasteiger partial charge in [0.1, 0.15) is 5.82 Å². The van der Waals surface area contributed by atoms with Crippen LogP contribution in [-0.2, 0) is 42.7 Å². The van der Waals surface area contributed by atoms with Crippen LogP contribution in [0.4, 0.5) is 39.9 Å². The van der Waals surface area contributed by atoms with E-state index in [0.29, 0.717) is 11.5 Å². The van der Waals surface area contributed by atoms with Crippen molar-refractivity contribution in [2.75, 3.05) is 14.7 Å². The molecule has 0 radical (unpaired) electrons. The Balaban J connectivity index is 0.00000544. The number of aromatic nitrogens is 1. The summed E-state index contributed by atoms with van der Waals surface area (Å²) in [5.74, 6) is 2.18. The van der Waals surface area contributed by atoms with E-state index in [1.165, 1.54) is 44.6 Å². The second-order valence-electron chi connectivity index (χ2n) is 20.2. The van der Waals surface area contributed by atoms with E-state index < -0.39 is 0 Å². The van der Waals surface area contributed by atoms with Crippen LogP contribution in [0.15, 0.2) is 97.2 Å². The van der Waals surface area contributed by atoms with E-state index in [0.717, 1.165) is 39.8 Å². The van der Waals surface area contributed by atoms with Crippen molar-refractivity contribution in [1.29, 1.82) is 0 Å². The van der Waals surface area contributed by atoms with E-state index in [2.05, 4.69) is 221 Å². The van der Waals surface area contributed by atoms with E-state index >= 15 is 0 Å². The summed E-state index contributed by atoms with van der Waals surface area (Å²) < 4.78 is 7.13. The van der Waals surface area contributed by atoms with Gasteiger partial charge in [0.25, 0.3) is 0 Å². The Morgan fingerprint density at radius 2 is 1.22 bits per heavy atom. The Hall–Kier alpha value is -4.86. The number of nitrogens with zero attached hydrogens (tertiary/aromatic N) is 4. The van der Waals surface area contributed by atoms with Crippen LogP contribution in [0.2, 0.25) is 0 Å². The standard InChI is InChI=1S/C54H59N4O.Pt/c1-34-27-35(2)50(36(3)28-34)57-33-56(44-21-17-18-22-45(44)57)46-32-48(42(53(10,11)12)31-41(46)52(7,8)9)59-38-23-24-40-47(30-38)58(43-20-16-15-19-39(43)54(40,13)14)49-29-37(25-26-55-49)51(4,5)6;/h15-29,31,33H,1-14H3;/q-3;. The maximum atomic E-state index is 7.13. The molecule has 0 spiro atoms. The third kappa shape index (κ3) is 7.57. The van der Waals surface area contributed by atoms with Crippen molar-refractivity contribution in [3.8, 4) is 11.5 Å². The minimum Gasteiger partial charge on any atom is -0.509 e. The first-order valence-electron chi connectivity index (χ1n) is 21.0. The zero-order valence-corrected chi connectivity index (χ0v) is 40.1. The maximum absolute atomic E-state index is 7.13. The van der Waals surface area contributed by atoms with E-state index in [1.807, 2.05) is 6.20 Å². The van der Waals surface area contributed by atoms with Crippen molar-refractivity contribution in [1.82, 2.24) is 4.98 Å². The summed E-state index contributed by atoms with van der Waals surface area (Å²) in [7, 11) is 0. The Morgan fingerprint density at radius 1 is 0.617 bits per heavy atom. The molecule has 8 rings (SSSR count). The zero-order chi connectivity index (χ0) is 42.4. The second kappa shape index (κ2) is 15.2. The quantitative estimate of drug-likeness (QED) is 0.161. The number of anilines is 7. The first-order valence-corrected chi connectivity index (χ1v) is 21.0. The largest absolute Gasteiger partial charge is 0.509 e. The molecule has 5 aromatic carbocycles. The van der Waals surface area contributed by atoms with Gasteiger partial charge in [-0.25, -0.2) is 4.98 Å². The average Bonchev–Trinajstić information content (AvgIpc) is 3.52. The number of aryl methyl sites for hydroxylation is 3. The zero-order valence-electron chi connectivity index (χ0n) is 37.8. The molecule has 0 aliphatic carbocycles. The van der Waals surface area contributed by atoms with E-state index in [1.54, 1.807) is 0 Å². The van der Waals surface area contributed by atoms with E-state index in [-0.39, 0.29) is 42.7 Å². The predicted octanol–water partition coefficient (Wildman–Crippen LogP) is 14.8. The number of hydrogen-bond acceptors (Lipinski definition) is 5. The van der Waals surface area contributed by atoms with Crippen molar-refractivity contribution in [3.63, 3.8) is 0 Å². The number of para-hydroxylation sites is 3.